The normalized spacial score (nSPS) is 9.89. The zero-order valence-electron chi connectivity index (χ0n) is 9.81. The third-order valence-electron chi connectivity index (χ3n) is 2.40. The Kier molecular flexibility index (Phi) is 3.57. The molecule has 4 heteroatoms. The molecule has 3 nitrogen and oxygen atoms in total. The van der Waals surface area contributed by atoms with Crippen LogP contribution in [0.5, 0.6) is 5.75 Å². The van der Waals surface area contributed by atoms with Gasteiger partial charge in [-0.25, -0.2) is 4.39 Å². The number of ether oxygens (including phenoxy) is 1. The van der Waals surface area contributed by atoms with E-state index in [0.717, 1.165) is 0 Å². The Hall–Kier alpha value is -2.36. The lowest BCUT2D eigenvalue weighted by atomic mass is 10.2. The first-order valence-electron chi connectivity index (χ1n) is 5.40. The number of nitrogens with one attached hydrogen (secondary N) is 1. The maximum Gasteiger partial charge on any atom is 0.255 e. The lowest BCUT2D eigenvalue weighted by Crippen LogP contribution is -2.11. The highest BCUT2D eigenvalue weighted by atomic mass is 19.1. The summed E-state index contributed by atoms with van der Waals surface area (Å²) in [5, 5.41) is 2.61. The molecule has 0 heterocycles. The van der Waals surface area contributed by atoms with E-state index in [1.807, 2.05) is 6.07 Å². The molecule has 0 saturated heterocycles. The van der Waals surface area contributed by atoms with Crippen molar-refractivity contribution in [1.29, 1.82) is 0 Å². The van der Waals surface area contributed by atoms with Crippen molar-refractivity contribution in [3.05, 3.63) is 59.9 Å². The monoisotopic (exact) mass is 245 g/mol. The van der Waals surface area contributed by atoms with Gasteiger partial charge in [0.2, 0.25) is 0 Å². The van der Waals surface area contributed by atoms with Crippen LogP contribution in [-0.2, 0) is 0 Å². The van der Waals surface area contributed by atoms with Crippen LogP contribution in [0.1, 0.15) is 10.4 Å². The second-order valence-corrected chi connectivity index (χ2v) is 3.70. The third-order valence-corrected chi connectivity index (χ3v) is 2.40. The smallest absolute Gasteiger partial charge is 0.255 e. The molecule has 92 valence electrons. The van der Waals surface area contributed by atoms with Crippen molar-refractivity contribution >= 4 is 11.6 Å². The Morgan fingerprint density at radius 2 is 1.89 bits per heavy atom. The van der Waals surface area contributed by atoms with Gasteiger partial charge in [-0.1, -0.05) is 18.2 Å². The maximum atomic E-state index is 13.2. The standard InChI is InChI=1S/C14H12FNO2/c1-18-13-8-11(15)7-12(9-13)16-14(17)10-5-3-2-4-6-10/h2-9H,1H3,(H,16,17). The molecule has 0 unspecified atom stereocenters. The van der Waals surface area contributed by atoms with E-state index in [-0.39, 0.29) is 5.91 Å². The van der Waals surface area contributed by atoms with E-state index >= 15 is 0 Å². The Balaban J connectivity index is 2.19. The van der Waals surface area contributed by atoms with Crippen molar-refractivity contribution < 1.29 is 13.9 Å². The first kappa shape index (κ1) is 12.1. The first-order valence-corrected chi connectivity index (χ1v) is 5.40. The molecule has 0 bridgehead atoms. The summed E-state index contributed by atoms with van der Waals surface area (Å²) in [6.45, 7) is 0. The van der Waals surface area contributed by atoms with E-state index in [0.29, 0.717) is 17.0 Å². The van der Waals surface area contributed by atoms with Crippen LogP contribution in [0, 0.1) is 5.82 Å². The molecule has 2 rings (SSSR count). The van der Waals surface area contributed by atoms with Gasteiger partial charge in [-0.2, -0.15) is 0 Å². The van der Waals surface area contributed by atoms with Gasteiger partial charge in [-0.3, -0.25) is 4.79 Å². The first-order chi connectivity index (χ1) is 8.69. The van der Waals surface area contributed by atoms with Crippen LogP contribution in [0.3, 0.4) is 0 Å². The van der Waals surface area contributed by atoms with Gasteiger partial charge >= 0.3 is 0 Å². The number of benzene rings is 2. The maximum absolute atomic E-state index is 13.2. The summed E-state index contributed by atoms with van der Waals surface area (Å²) in [4.78, 5) is 11.9. The van der Waals surface area contributed by atoms with Crippen LogP contribution in [0.4, 0.5) is 10.1 Å². The van der Waals surface area contributed by atoms with Gasteiger partial charge in [0, 0.05) is 23.4 Å². The second kappa shape index (κ2) is 5.31. The lowest BCUT2D eigenvalue weighted by Gasteiger charge is -2.07. The Morgan fingerprint density at radius 1 is 1.17 bits per heavy atom. The van der Waals surface area contributed by atoms with Crippen LogP contribution in [0.25, 0.3) is 0 Å². The van der Waals surface area contributed by atoms with Crippen LogP contribution < -0.4 is 10.1 Å². The summed E-state index contributed by atoms with van der Waals surface area (Å²) >= 11 is 0. The fraction of sp³-hybridized carbons (Fsp3) is 0.0714. The van der Waals surface area contributed by atoms with E-state index in [2.05, 4.69) is 5.32 Å². The molecule has 0 aliphatic rings. The van der Waals surface area contributed by atoms with E-state index in [1.165, 1.54) is 19.2 Å². The minimum Gasteiger partial charge on any atom is -0.497 e. The van der Waals surface area contributed by atoms with Crippen molar-refractivity contribution in [3.8, 4) is 5.75 Å². The Morgan fingerprint density at radius 3 is 2.56 bits per heavy atom. The van der Waals surface area contributed by atoms with Gasteiger partial charge in [0.25, 0.3) is 5.91 Å². The van der Waals surface area contributed by atoms with E-state index < -0.39 is 5.82 Å². The molecule has 2 aromatic rings. The molecule has 1 amide bonds. The minimum atomic E-state index is -0.460. The van der Waals surface area contributed by atoms with Crippen molar-refractivity contribution in [2.75, 3.05) is 12.4 Å². The quantitative estimate of drug-likeness (QED) is 0.902. The number of carbonyl (C=O) groups excluding carboxylic acids is 1. The van der Waals surface area contributed by atoms with Gasteiger partial charge in [-0.15, -0.1) is 0 Å². The molecule has 0 atom stereocenters. The summed E-state index contributed by atoms with van der Waals surface area (Å²) < 4.78 is 18.2. The molecular weight excluding hydrogens is 233 g/mol. The van der Waals surface area contributed by atoms with Gasteiger partial charge < -0.3 is 10.1 Å². The van der Waals surface area contributed by atoms with Crippen molar-refractivity contribution in [1.82, 2.24) is 0 Å². The predicted octanol–water partition coefficient (Wildman–Crippen LogP) is 3.09. The second-order valence-electron chi connectivity index (χ2n) is 3.70. The van der Waals surface area contributed by atoms with E-state index in [4.69, 9.17) is 4.74 Å². The van der Waals surface area contributed by atoms with Crippen molar-refractivity contribution in [2.24, 2.45) is 0 Å². The zero-order chi connectivity index (χ0) is 13.0. The molecule has 1 N–H and O–H groups in total. The zero-order valence-corrected chi connectivity index (χ0v) is 9.81. The molecule has 0 saturated carbocycles. The fourth-order valence-corrected chi connectivity index (χ4v) is 1.55. The molecule has 0 spiro atoms. The molecule has 18 heavy (non-hydrogen) atoms. The van der Waals surface area contributed by atoms with Crippen molar-refractivity contribution in [3.63, 3.8) is 0 Å². The number of hydrogen-bond acceptors (Lipinski definition) is 2. The van der Waals surface area contributed by atoms with Gasteiger partial charge in [0.15, 0.2) is 0 Å². The van der Waals surface area contributed by atoms with E-state index in [1.54, 1.807) is 30.3 Å². The highest BCUT2D eigenvalue weighted by Crippen LogP contribution is 2.20. The number of rotatable bonds is 3. The minimum absolute atomic E-state index is 0.289. The number of methoxy groups -OCH3 is 1. The highest BCUT2D eigenvalue weighted by molar-refractivity contribution is 6.04. The lowest BCUT2D eigenvalue weighted by molar-refractivity contribution is 0.102. The largest absolute Gasteiger partial charge is 0.497 e. The van der Waals surface area contributed by atoms with Crippen LogP contribution in [-0.4, -0.2) is 13.0 Å². The number of amides is 1. The summed E-state index contributed by atoms with van der Waals surface area (Å²) in [6.07, 6.45) is 0. The number of anilines is 1. The van der Waals surface area contributed by atoms with E-state index in [9.17, 15) is 9.18 Å². The summed E-state index contributed by atoms with van der Waals surface area (Å²) in [6, 6.07) is 12.8. The van der Waals surface area contributed by atoms with Gasteiger partial charge in [0.1, 0.15) is 11.6 Å². The van der Waals surface area contributed by atoms with Gasteiger partial charge in [0.05, 0.1) is 7.11 Å². The SMILES string of the molecule is COc1cc(F)cc(NC(=O)c2ccccc2)c1. The number of carbonyl (C=O) groups is 1. The summed E-state index contributed by atoms with van der Waals surface area (Å²) in [7, 11) is 1.44. The van der Waals surface area contributed by atoms with Gasteiger partial charge in [-0.05, 0) is 18.2 Å². The molecule has 0 aliphatic heterocycles. The average Bonchev–Trinajstić information content (AvgIpc) is 2.39. The summed E-state index contributed by atoms with van der Waals surface area (Å²) in [5.41, 5.74) is 0.876. The Labute approximate surface area is 104 Å². The molecule has 0 aromatic heterocycles. The fourth-order valence-electron chi connectivity index (χ4n) is 1.55. The van der Waals surface area contributed by atoms with Crippen LogP contribution >= 0.6 is 0 Å². The molecular formula is C14H12FNO2. The number of hydrogen-bond donors (Lipinski definition) is 1. The molecule has 0 radical (unpaired) electrons. The molecule has 2 aromatic carbocycles. The number of halogens is 1. The van der Waals surface area contributed by atoms with Crippen LogP contribution in [0.15, 0.2) is 48.5 Å². The third kappa shape index (κ3) is 2.85. The van der Waals surface area contributed by atoms with Crippen LogP contribution in [0.2, 0.25) is 0 Å². The average molecular weight is 245 g/mol. The molecule has 0 aliphatic carbocycles. The topological polar surface area (TPSA) is 38.3 Å². The summed E-state index contributed by atoms with van der Waals surface area (Å²) in [5.74, 6) is -0.390. The Bertz CT molecular complexity index is 555. The highest BCUT2D eigenvalue weighted by Gasteiger charge is 2.07. The predicted molar refractivity (Wildman–Crippen MR) is 67.3 cm³/mol. The molecule has 0 fully saturated rings. The van der Waals surface area contributed by atoms with Crippen molar-refractivity contribution in [2.45, 2.75) is 0 Å².